The summed E-state index contributed by atoms with van der Waals surface area (Å²) < 4.78 is 25.4. The zero-order valence-electron chi connectivity index (χ0n) is 16.7. The highest BCUT2D eigenvalue weighted by Gasteiger charge is 2.26. The van der Waals surface area contributed by atoms with Crippen LogP contribution in [0.25, 0.3) is 10.9 Å². The molecule has 152 valence electrons. The molecule has 2 atom stereocenters. The van der Waals surface area contributed by atoms with Gasteiger partial charge in [-0.05, 0) is 49.2 Å². The van der Waals surface area contributed by atoms with E-state index in [-0.39, 0.29) is 17.8 Å². The fraction of sp³-hybridized carbons (Fsp3) is 0.318. The van der Waals surface area contributed by atoms with Crippen molar-refractivity contribution >= 4 is 26.6 Å². The van der Waals surface area contributed by atoms with Gasteiger partial charge >= 0.3 is 0 Å². The maximum atomic E-state index is 12.7. The van der Waals surface area contributed by atoms with Crippen LogP contribution in [0.5, 0.6) is 0 Å². The molecule has 1 aliphatic rings. The minimum Gasteiger partial charge on any atom is -0.351 e. The summed E-state index contributed by atoms with van der Waals surface area (Å²) in [7, 11) is -3.32. The molecule has 3 aromatic rings. The second-order valence-corrected chi connectivity index (χ2v) is 9.90. The highest BCUT2D eigenvalue weighted by molar-refractivity contribution is 7.91. The van der Waals surface area contributed by atoms with E-state index in [1.54, 1.807) is 12.1 Å². The number of hydrogen-bond donors (Lipinski definition) is 2. The topological polar surface area (TPSA) is 102 Å². The Morgan fingerprint density at radius 2 is 1.86 bits per heavy atom. The van der Waals surface area contributed by atoms with Crippen LogP contribution >= 0.6 is 0 Å². The second kappa shape index (κ2) is 7.40. The molecule has 0 saturated carbocycles. The summed E-state index contributed by atoms with van der Waals surface area (Å²) in [5.74, 6) is 0.770. The van der Waals surface area contributed by atoms with Gasteiger partial charge in [-0.25, -0.2) is 13.4 Å². The van der Waals surface area contributed by atoms with Crippen LogP contribution in [0.2, 0.25) is 0 Å². The van der Waals surface area contributed by atoms with Gasteiger partial charge in [-0.2, -0.15) is 0 Å². The number of benzene rings is 2. The van der Waals surface area contributed by atoms with Crippen molar-refractivity contribution in [1.29, 1.82) is 0 Å². The molecule has 4 N–H and O–H groups in total. The molecular weight excluding hydrogens is 384 g/mol. The molecule has 0 saturated heterocycles. The van der Waals surface area contributed by atoms with Crippen molar-refractivity contribution in [3.63, 3.8) is 0 Å². The van der Waals surface area contributed by atoms with E-state index in [1.165, 1.54) is 0 Å². The number of anilines is 1. The summed E-state index contributed by atoms with van der Waals surface area (Å²) in [6.45, 7) is 4.77. The Kier molecular flexibility index (Phi) is 5.06. The van der Waals surface area contributed by atoms with Crippen molar-refractivity contribution in [2.24, 2.45) is 11.5 Å². The molecule has 1 aliphatic heterocycles. The fourth-order valence-corrected chi connectivity index (χ4v) is 5.33. The normalized spacial score (nSPS) is 18.1. The third-order valence-electron chi connectivity index (χ3n) is 5.53. The number of pyridine rings is 1. The van der Waals surface area contributed by atoms with E-state index >= 15 is 0 Å². The average molecular weight is 411 g/mol. The van der Waals surface area contributed by atoms with Crippen LogP contribution in [0, 0.1) is 6.92 Å². The van der Waals surface area contributed by atoms with Gasteiger partial charge < -0.3 is 16.4 Å². The Morgan fingerprint density at radius 3 is 2.62 bits per heavy atom. The van der Waals surface area contributed by atoms with Gasteiger partial charge in [0.1, 0.15) is 5.82 Å². The molecule has 4 rings (SSSR count). The summed E-state index contributed by atoms with van der Waals surface area (Å²) in [5, 5.41) is 0.987. The van der Waals surface area contributed by atoms with Crippen LogP contribution in [-0.4, -0.2) is 31.7 Å². The van der Waals surface area contributed by atoms with E-state index in [4.69, 9.17) is 16.5 Å². The first-order valence-corrected chi connectivity index (χ1v) is 11.4. The number of nitrogens with two attached hydrogens (primary N) is 2. The number of nitrogens with zero attached hydrogens (tertiary/aromatic N) is 2. The third-order valence-corrected chi connectivity index (χ3v) is 7.32. The van der Waals surface area contributed by atoms with Crippen LogP contribution in [0.15, 0.2) is 53.4 Å². The summed E-state index contributed by atoms with van der Waals surface area (Å²) in [5.41, 5.74) is 16.2. The predicted molar refractivity (Wildman–Crippen MR) is 117 cm³/mol. The van der Waals surface area contributed by atoms with Gasteiger partial charge in [-0.15, -0.1) is 0 Å². The Hall–Kier alpha value is -2.48. The van der Waals surface area contributed by atoms with Gasteiger partial charge in [0.15, 0.2) is 9.84 Å². The maximum absolute atomic E-state index is 12.7. The zero-order valence-corrected chi connectivity index (χ0v) is 17.5. The number of hydrogen-bond acceptors (Lipinski definition) is 6. The molecule has 2 aromatic carbocycles. The monoisotopic (exact) mass is 410 g/mol. The molecule has 29 heavy (non-hydrogen) atoms. The van der Waals surface area contributed by atoms with E-state index in [9.17, 15) is 8.42 Å². The lowest BCUT2D eigenvalue weighted by atomic mass is 9.96. The van der Waals surface area contributed by atoms with Crippen molar-refractivity contribution in [2.45, 2.75) is 37.4 Å². The minimum absolute atomic E-state index is 0.0479. The van der Waals surface area contributed by atoms with Crippen LogP contribution < -0.4 is 16.4 Å². The van der Waals surface area contributed by atoms with Gasteiger partial charge in [0.25, 0.3) is 0 Å². The second-order valence-electron chi connectivity index (χ2n) is 7.82. The molecule has 0 fully saturated rings. The lowest BCUT2D eigenvalue weighted by Gasteiger charge is -2.25. The summed E-state index contributed by atoms with van der Waals surface area (Å²) in [4.78, 5) is 7.26. The number of rotatable bonds is 3. The highest BCUT2D eigenvalue weighted by Crippen LogP contribution is 2.31. The van der Waals surface area contributed by atoms with E-state index < -0.39 is 9.84 Å². The summed E-state index contributed by atoms with van der Waals surface area (Å²) >= 11 is 0. The molecule has 2 heterocycles. The van der Waals surface area contributed by atoms with E-state index in [1.807, 2.05) is 49.1 Å². The lowest BCUT2D eigenvalue weighted by Crippen LogP contribution is -2.32. The molecule has 7 heteroatoms. The minimum atomic E-state index is -3.32. The molecular formula is C22H26N4O2S. The largest absolute Gasteiger partial charge is 0.351 e. The standard InChI is InChI=1S/C22H26N4O2S/c1-14-7-8-19-17(11-14)18(22(24)15(2)23)12-21(25-19)26-9-10-29(27,28)20-6-4-3-5-16(20)13-26/h3-8,11-12,15,22H,9-10,13,23-24H2,1-2H3. The quantitative estimate of drug-likeness (QED) is 0.688. The van der Waals surface area contributed by atoms with E-state index in [0.29, 0.717) is 18.0 Å². The van der Waals surface area contributed by atoms with Gasteiger partial charge in [0.05, 0.1) is 16.2 Å². The first kappa shape index (κ1) is 19.8. The van der Waals surface area contributed by atoms with Crippen LogP contribution in [0.3, 0.4) is 0 Å². The molecule has 0 bridgehead atoms. The maximum Gasteiger partial charge on any atom is 0.180 e. The molecule has 6 nitrogen and oxygen atoms in total. The molecule has 0 amide bonds. The van der Waals surface area contributed by atoms with Gasteiger partial charge in [0, 0.05) is 30.6 Å². The van der Waals surface area contributed by atoms with Gasteiger partial charge in [-0.3, -0.25) is 0 Å². The van der Waals surface area contributed by atoms with Crippen molar-refractivity contribution in [2.75, 3.05) is 17.2 Å². The molecule has 0 aliphatic carbocycles. The lowest BCUT2D eigenvalue weighted by molar-refractivity contribution is 0.592. The van der Waals surface area contributed by atoms with Crippen molar-refractivity contribution in [1.82, 2.24) is 4.98 Å². The summed E-state index contributed by atoms with van der Waals surface area (Å²) in [6, 6.07) is 14.7. The van der Waals surface area contributed by atoms with Crippen LogP contribution in [0.4, 0.5) is 5.82 Å². The van der Waals surface area contributed by atoms with Crippen LogP contribution in [0.1, 0.15) is 29.7 Å². The molecule has 0 spiro atoms. The molecule has 1 aromatic heterocycles. The predicted octanol–water partition coefficient (Wildman–Crippen LogP) is 2.68. The van der Waals surface area contributed by atoms with E-state index in [0.717, 1.165) is 33.4 Å². The summed E-state index contributed by atoms with van der Waals surface area (Å²) in [6.07, 6.45) is 0. The smallest absolute Gasteiger partial charge is 0.180 e. The zero-order chi connectivity index (χ0) is 20.8. The van der Waals surface area contributed by atoms with Crippen molar-refractivity contribution < 1.29 is 8.42 Å². The number of aryl methyl sites for hydroxylation is 1. The Bertz CT molecular complexity index is 1170. The first-order chi connectivity index (χ1) is 13.8. The van der Waals surface area contributed by atoms with Crippen LogP contribution in [-0.2, 0) is 16.4 Å². The van der Waals surface area contributed by atoms with Gasteiger partial charge in [-0.1, -0.05) is 29.8 Å². The van der Waals surface area contributed by atoms with Gasteiger partial charge in [0.2, 0.25) is 0 Å². The molecule has 0 radical (unpaired) electrons. The van der Waals surface area contributed by atoms with Crippen molar-refractivity contribution in [3.05, 3.63) is 65.2 Å². The Balaban J connectivity index is 1.85. The number of fused-ring (bicyclic) bond motifs is 2. The van der Waals surface area contributed by atoms with E-state index in [2.05, 4.69) is 6.07 Å². The highest BCUT2D eigenvalue weighted by atomic mass is 32.2. The van der Waals surface area contributed by atoms with Crippen molar-refractivity contribution in [3.8, 4) is 0 Å². The third kappa shape index (κ3) is 3.73. The SMILES string of the molecule is Cc1ccc2nc(N3CCS(=O)(=O)c4ccccc4C3)cc(C(N)C(C)N)c2c1. The fourth-order valence-electron chi connectivity index (χ4n) is 3.83. The Labute approximate surface area is 171 Å². The number of sulfone groups is 1. The average Bonchev–Trinajstić information content (AvgIpc) is 2.83. The first-order valence-electron chi connectivity index (χ1n) is 9.74. The molecule has 2 unspecified atom stereocenters. The number of aromatic nitrogens is 1. The Morgan fingerprint density at radius 1 is 1.10 bits per heavy atom.